The van der Waals surface area contributed by atoms with Crippen LogP contribution < -0.4 is 10.6 Å². The van der Waals surface area contributed by atoms with Gasteiger partial charge in [0, 0.05) is 11.7 Å². The Bertz CT molecular complexity index is 605. The minimum absolute atomic E-state index is 0.0284. The molecule has 0 aliphatic heterocycles. The summed E-state index contributed by atoms with van der Waals surface area (Å²) in [6, 6.07) is 16.2. The SMILES string of the molecule is Cc1ccc(NC(=O)CN[C@H](C)c2ccccc2C)cc1. The van der Waals surface area contributed by atoms with Gasteiger partial charge in [0.05, 0.1) is 6.54 Å². The second-order valence-electron chi connectivity index (χ2n) is 5.37. The van der Waals surface area contributed by atoms with Crippen LogP contribution in [0, 0.1) is 13.8 Å². The summed E-state index contributed by atoms with van der Waals surface area (Å²) in [4.78, 5) is 11.9. The van der Waals surface area contributed by atoms with E-state index < -0.39 is 0 Å². The van der Waals surface area contributed by atoms with E-state index in [9.17, 15) is 4.79 Å². The minimum Gasteiger partial charge on any atom is -0.325 e. The number of rotatable bonds is 5. The van der Waals surface area contributed by atoms with E-state index in [-0.39, 0.29) is 11.9 Å². The Morgan fingerprint density at radius 3 is 2.38 bits per heavy atom. The van der Waals surface area contributed by atoms with Crippen molar-refractivity contribution >= 4 is 11.6 Å². The Hall–Kier alpha value is -2.13. The Morgan fingerprint density at radius 1 is 1.05 bits per heavy atom. The van der Waals surface area contributed by atoms with Crippen molar-refractivity contribution in [1.82, 2.24) is 5.32 Å². The van der Waals surface area contributed by atoms with E-state index in [0.29, 0.717) is 6.54 Å². The zero-order valence-corrected chi connectivity index (χ0v) is 12.8. The van der Waals surface area contributed by atoms with E-state index in [0.717, 1.165) is 5.69 Å². The van der Waals surface area contributed by atoms with E-state index in [1.807, 2.05) is 43.3 Å². The van der Waals surface area contributed by atoms with Gasteiger partial charge in [-0.2, -0.15) is 0 Å². The molecule has 2 rings (SSSR count). The molecule has 0 heterocycles. The van der Waals surface area contributed by atoms with Gasteiger partial charge in [0.15, 0.2) is 0 Å². The monoisotopic (exact) mass is 282 g/mol. The average molecular weight is 282 g/mol. The van der Waals surface area contributed by atoms with Crippen LogP contribution in [0.1, 0.15) is 29.7 Å². The molecule has 3 heteroatoms. The highest BCUT2D eigenvalue weighted by Gasteiger charge is 2.09. The molecule has 0 unspecified atom stereocenters. The molecular formula is C18H22N2O. The molecule has 2 N–H and O–H groups in total. The first-order chi connectivity index (χ1) is 10.1. The Kier molecular flexibility index (Phi) is 5.12. The maximum absolute atomic E-state index is 11.9. The molecule has 0 fully saturated rings. The molecule has 1 amide bonds. The first-order valence-electron chi connectivity index (χ1n) is 7.21. The molecule has 2 aromatic carbocycles. The van der Waals surface area contributed by atoms with Gasteiger partial charge >= 0.3 is 0 Å². The van der Waals surface area contributed by atoms with Crippen molar-refractivity contribution in [2.45, 2.75) is 26.8 Å². The zero-order valence-electron chi connectivity index (χ0n) is 12.8. The number of carbonyl (C=O) groups is 1. The third-order valence-corrected chi connectivity index (χ3v) is 3.56. The second kappa shape index (κ2) is 7.04. The minimum atomic E-state index is -0.0284. The highest BCUT2D eigenvalue weighted by molar-refractivity contribution is 5.92. The van der Waals surface area contributed by atoms with Gasteiger partial charge in [-0.15, -0.1) is 0 Å². The smallest absolute Gasteiger partial charge is 0.238 e. The summed E-state index contributed by atoms with van der Waals surface area (Å²) in [6.07, 6.45) is 0. The lowest BCUT2D eigenvalue weighted by Crippen LogP contribution is -2.30. The summed E-state index contributed by atoms with van der Waals surface area (Å²) < 4.78 is 0. The second-order valence-corrected chi connectivity index (χ2v) is 5.37. The molecule has 0 spiro atoms. The van der Waals surface area contributed by atoms with Crippen LogP contribution in [0.2, 0.25) is 0 Å². The van der Waals surface area contributed by atoms with E-state index in [1.165, 1.54) is 16.7 Å². The normalized spacial score (nSPS) is 12.0. The van der Waals surface area contributed by atoms with E-state index in [2.05, 4.69) is 36.6 Å². The molecular weight excluding hydrogens is 260 g/mol. The van der Waals surface area contributed by atoms with Crippen molar-refractivity contribution in [3.63, 3.8) is 0 Å². The number of nitrogens with one attached hydrogen (secondary N) is 2. The fourth-order valence-corrected chi connectivity index (χ4v) is 2.27. The maximum atomic E-state index is 11.9. The van der Waals surface area contributed by atoms with Crippen LogP contribution in [0.25, 0.3) is 0 Å². The predicted molar refractivity (Wildman–Crippen MR) is 87.4 cm³/mol. The summed E-state index contributed by atoms with van der Waals surface area (Å²) >= 11 is 0. The molecule has 0 saturated carbocycles. The molecule has 0 radical (unpaired) electrons. The molecule has 21 heavy (non-hydrogen) atoms. The number of anilines is 1. The predicted octanol–water partition coefficient (Wildman–Crippen LogP) is 3.59. The van der Waals surface area contributed by atoms with Crippen LogP contribution >= 0.6 is 0 Å². The number of hydrogen-bond donors (Lipinski definition) is 2. The number of hydrogen-bond acceptors (Lipinski definition) is 2. The summed E-state index contributed by atoms with van der Waals surface area (Å²) in [6.45, 7) is 6.47. The van der Waals surface area contributed by atoms with Crippen molar-refractivity contribution in [3.8, 4) is 0 Å². The zero-order chi connectivity index (χ0) is 15.2. The fraction of sp³-hybridized carbons (Fsp3) is 0.278. The summed E-state index contributed by atoms with van der Waals surface area (Å²) in [7, 11) is 0. The number of carbonyl (C=O) groups excluding carboxylic acids is 1. The van der Waals surface area contributed by atoms with Crippen LogP contribution in [0.4, 0.5) is 5.69 Å². The van der Waals surface area contributed by atoms with Crippen LogP contribution in [0.3, 0.4) is 0 Å². The van der Waals surface area contributed by atoms with Gasteiger partial charge in [-0.3, -0.25) is 4.79 Å². The van der Waals surface area contributed by atoms with Gasteiger partial charge in [-0.25, -0.2) is 0 Å². The van der Waals surface area contributed by atoms with Crippen LogP contribution in [0.15, 0.2) is 48.5 Å². The highest BCUT2D eigenvalue weighted by atomic mass is 16.1. The average Bonchev–Trinajstić information content (AvgIpc) is 2.48. The molecule has 2 aromatic rings. The lowest BCUT2D eigenvalue weighted by atomic mass is 10.0. The Balaban J connectivity index is 1.86. The standard InChI is InChI=1S/C18H22N2O/c1-13-8-10-16(11-9-13)20-18(21)12-19-15(3)17-7-5-4-6-14(17)2/h4-11,15,19H,12H2,1-3H3,(H,20,21)/t15-/m1/s1. The molecule has 0 aliphatic carbocycles. The topological polar surface area (TPSA) is 41.1 Å². The molecule has 3 nitrogen and oxygen atoms in total. The van der Waals surface area contributed by atoms with E-state index >= 15 is 0 Å². The summed E-state index contributed by atoms with van der Waals surface area (Å²) in [5, 5.41) is 6.15. The van der Waals surface area contributed by atoms with E-state index in [4.69, 9.17) is 0 Å². The highest BCUT2D eigenvalue weighted by Crippen LogP contribution is 2.16. The first-order valence-corrected chi connectivity index (χ1v) is 7.21. The van der Waals surface area contributed by atoms with Crippen LogP contribution in [-0.4, -0.2) is 12.5 Å². The largest absolute Gasteiger partial charge is 0.325 e. The van der Waals surface area contributed by atoms with Gasteiger partial charge < -0.3 is 10.6 Å². The van der Waals surface area contributed by atoms with Crippen LogP contribution in [-0.2, 0) is 4.79 Å². The lowest BCUT2D eigenvalue weighted by molar-refractivity contribution is -0.115. The van der Waals surface area contributed by atoms with Crippen molar-refractivity contribution in [2.24, 2.45) is 0 Å². The van der Waals surface area contributed by atoms with Gasteiger partial charge in [0.1, 0.15) is 0 Å². The van der Waals surface area contributed by atoms with Crippen molar-refractivity contribution in [2.75, 3.05) is 11.9 Å². The van der Waals surface area contributed by atoms with Crippen molar-refractivity contribution in [1.29, 1.82) is 0 Å². The number of amides is 1. The van der Waals surface area contributed by atoms with Gasteiger partial charge in [0.25, 0.3) is 0 Å². The van der Waals surface area contributed by atoms with Gasteiger partial charge in [-0.05, 0) is 44.0 Å². The third-order valence-electron chi connectivity index (χ3n) is 3.56. The lowest BCUT2D eigenvalue weighted by Gasteiger charge is -2.16. The first kappa shape index (κ1) is 15.3. The summed E-state index contributed by atoms with van der Waals surface area (Å²) in [5.41, 5.74) is 4.47. The molecule has 0 bridgehead atoms. The number of benzene rings is 2. The Morgan fingerprint density at radius 2 is 1.71 bits per heavy atom. The number of aryl methyl sites for hydroxylation is 2. The molecule has 0 aromatic heterocycles. The Labute approximate surface area is 126 Å². The quantitative estimate of drug-likeness (QED) is 0.880. The third kappa shape index (κ3) is 4.43. The van der Waals surface area contributed by atoms with Crippen molar-refractivity contribution < 1.29 is 4.79 Å². The fourth-order valence-electron chi connectivity index (χ4n) is 2.27. The maximum Gasteiger partial charge on any atom is 0.238 e. The van der Waals surface area contributed by atoms with Crippen LogP contribution in [0.5, 0.6) is 0 Å². The molecule has 0 aliphatic rings. The van der Waals surface area contributed by atoms with E-state index in [1.54, 1.807) is 0 Å². The summed E-state index contributed by atoms with van der Waals surface area (Å²) in [5.74, 6) is -0.0284. The van der Waals surface area contributed by atoms with Gasteiger partial charge in [0.2, 0.25) is 5.91 Å². The molecule has 0 saturated heterocycles. The van der Waals surface area contributed by atoms with Gasteiger partial charge in [-0.1, -0.05) is 42.0 Å². The molecule has 1 atom stereocenters. The van der Waals surface area contributed by atoms with Crippen molar-refractivity contribution in [3.05, 3.63) is 65.2 Å². The molecule has 110 valence electrons.